The highest BCUT2D eigenvalue weighted by Crippen LogP contribution is 2.21. The van der Waals surface area contributed by atoms with Crippen molar-refractivity contribution in [3.05, 3.63) is 77.0 Å². The van der Waals surface area contributed by atoms with E-state index in [4.69, 9.17) is 0 Å². The smallest absolute Gasteiger partial charge is 0.187 e. The number of para-hydroxylation sites is 1. The zero-order valence-corrected chi connectivity index (χ0v) is 12.1. The van der Waals surface area contributed by atoms with Gasteiger partial charge in [0.1, 0.15) is 0 Å². The first-order valence-electron chi connectivity index (χ1n) is 6.69. The molecule has 0 aliphatic heterocycles. The van der Waals surface area contributed by atoms with Crippen LogP contribution in [0.5, 0.6) is 0 Å². The fourth-order valence-corrected chi connectivity index (χ4v) is 2.13. The van der Waals surface area contributed by atoms with Gasteiger partial charge in [-0.05, 0) is 31.9 Å². The van der Waals surface area contributed by atoms with E-state index in [-0.39, 0.29) is 5.78 Å². The van der Waals surface area contributed by atoms with Gasteiger partial charge in [0.05, 0.1) is 0 Å². The molecule has 20 heavy (non-hydrogen) atoms. The van der Waals surface area contributed by atoms with Crippen LogP contribution in [-0.4, -0.2) is 5.78 Å². The van der Waals surface area contributed by atoms with Crippen molar-refractivity contribution in [1.29, 1.82) is 0 Å². The fourth-order valence-electron chi connectivity index (χ4n) is 2.13. The van der Waals surface area contributed by atoms with Crippen molar-refractivity contribution in [2.45, 2.75) is 20.8 Å². The van der Waals surface area contributed by atoms with Gasteiger partial charge in [-0.15, -0.1) is 0 Å². The average Bonchev–Trinajstić information content (AvgIpc) is 2.44. The van der Waals surface area contributed by atoms with Gasteiger partial charge in [0.2, 0.25) is 0 Å². The first-order chi connectivity index (χ1) is 9.58. The second kappa shape index (κ2) is 6.20. The molecule has 0 bridgehead atoms. The Labute approximate surface area is 120 Å². The van der Waals surface area contributed by atoms with E-state index in [1.54, 1.807) is 6.08 Å². The van der Waals surface area contributed by atoms with Crippen LogP contribution < -0.4 is 5.32 Å². The Morgan fingerprint density at radius 1 is 0.950 bits per heavy atom. The predicted octanol–water partition coefficient (Wildman–Crippen LogP) is 4.50. The van der Waals surface area contributed by atoms with Crippen LogP contribution in [0, 0.1) is 13.8 Å². The Balaban J connectivity index is 2.18. The molecule has 2 rings (SSSR count). The highest BCUT2D eigenvalue weighted by molar-refractivity contribution is 6.05. The minimum Gasteiger partial charge on any atom is -0.359 e. The number of carbonyl (C=O) groups excluding carboxylic acids is 1. The minimum atomic E-state index is 0.0156. The molecule has 2 nitrogen and oxygen atoms in total. The maximum absolute atomic E-state index is 12.1. The van der Waals surface area contributed by atoms with E-state index in [2.05, 4.69) is 31.3 Å². The van der Waals surface area contributed by atoms with E-state index in [0.717, 1.165) is 11.4 Å². The van der Waals surface area contributed by atoms with Gasteiger partial charge in [0.25, 0.3) is 0 Å². The fraction of sp³-hybridized carbons (Fsp3) is 0.167. The van der Waals surface area contributed by atoms with Gasteiger partial charge in [-0.25, -0.2) is 0 Å². The SMILES string of the molecule is C/C(=C/C(=O)c1ccccc1)Nc1c(C)cccc1C. The minimum absolute atomic E-state index is 0.0156. The van der Waals surface area contributed by atoms with E-state index in [9.17, 15) is 4.79 Å². The van der Waals surface area contributed by atoms with Crippen LogP contribution in [-0.2, 0) is 0 Å². The van der Waals surface area contributed by atoms with Gasteiger partial charge < -0.3 is 5.32 Å². The quantitative estimate of drug-likeness (QED) is 0.651. The van der Waals surface area contributed by atoms with Crippen molar-refractivity contribution < 1.29 is 4.79 Å². The second-order valence-electron chi connectivity index (χ2n) is 4.95. The topological polar surface area (TPSA) is 29.1 Å². The zero-order chi connectivity index (χ0) is 14.5. The molecule has 0 aliphatic rings. The van der Waals surface area contributed by atoms with Gasteiger partial charge in [-0.2, -0.15) is 0 Å². The molecular formula is C18H19NO. The predicted molar refractivity (Wildman–Crippen MR) is 84.1 cm³/mol. The standard InChI is InChI=1S/C18H19NO/c1-13-8-7-9-14(2)18(13)19-15(3)12-17(20)16-10-5-4-6-11-16/h4-12,19H,1-3H3/b15-12-. The molecular weight excluding hydrogens is 246 g/mol. The normalized spacial score (nSPS) is 11.2. The first-order valence-corrected chi connectivity index (χ1v) is 6.69. The number of ketones is 1. The third-order valence-electron chi connectivity index (χ3n) is 3.21. The summed E-state index contributed by atoms with van der Waals surface area (Å²) in [5.41, 5.74) is 4.96. The van der Waals surface area contributed by atoms with E-state index < -0.39 is 0 Å². The number of nitrogens with one attached hydrogen (secondary N) is 1. The summed E-state index contributed by atoms with van der Waals surface area (Å²) in [6.45, 7) is 6.02. The Bertz CT molecular complexity index is 621. The molecule has 0 fully saturated rings. The molecule has 0 spiro atoms. The lowest BCUT2D eigenvalue weighted by Crippen LogP contribution is -2.03. The molecule has 0 aromatic heterocycles. The first kappa shape index (κ1) is 14.1. The monoisotopic (exact) mass is 265 g/mol. The summed E-state index contributed by atoms with van der Waals surface area (Å²) in [5, 5.41) is 3.32. The molecule has 0 aliphatic carbocycles. The lowest BCUT2D eigenvalue weighted by atomic mass is 10.1. The van der Waals surface area contributed by atoms with E-state index in [0.29, 0.717) is 5.56 Å². The maximum Gasteiger partial charge on any atom is 0.187 e. The molecule has 0 radical (unpaired) electrons. The molecule has 0 saturated heterocycles. The summed E-state index contributed by atoms with van der Waals surface area (Å²) in [7, 11) is 0. The van der Waals surface area contributed by atoms with Crippen molar-refractivity contribution in [3.8, 4) is 0 Å². The molecule has 0 heterocycles. The summed E-state index contributed by atoms with van der Waals surface area (Å²) in [6.07, 6.45) is 1.64. The van der Waals surface area contributed by atoms with Gasteiger partial charge in [0.15, 0.2) is 5.78 Å². The van der Waals surface area contributed by atoms with Crippen molar-refractivity contribution in [2.75, 3.05) is 5.32 Å². The number of aryl methyl sites for hydroxylation is 2. The van der Waals surface area contributed by atoms with E-state index in [1.807, 2.05) is 43.3 Å². The van der Waals surface area contributed by atoms with Crippen LogP contribution >= 0.6 is 0 Å². The molecule has 0 amide bonds. The third-order valence-corrected chi connectivity index (χ3v) is 3.21. The summed E-state index contributed by atoms with van der Waals surface area (Å²) in [6, 6.07) is 15.4. The van der Waals surface area contributed by atoms with E-state index >= 15 is 0 Å². The number of hydrogen-bond acceptors (Lipinski definition) is 2. The molecule has 1 N–H and O–H groups in total. The number of anilines is 1. The van der Waals surface area contributed by atoms with Crippen LogP contribution in [0.3, 0.4) is 0 Å². The molecule has 0 unspecified atom stereocenters. The van der Waals surface area contributed by atoms with Crippen molar-refractivity contribution in [2.24, 2.45) is 0 Å². The van der Waals surface area contributed by atoms with Crippen LogP contribution in [0.1, 0.15) is 28.4 Å². The van der Waals surface area contributed by atoms with E-state index in [1.165, 1.54) is 11.1 Å². The molecule has 0 atom stereocenters. The summed E-state index contributed by atoms with van der Waals surface area (Å²) in [5.74, 6) is 0.0156. The largest absolute Gasteiger partial charge is 0.359 e. The highest BCUT2D eigenvalue weighted by atomic mass is 16.1. The van der Waals surface area contributed by atoms with Crippen LogP contribution in [0.15, 0.2) is 60.3 Å². The van der Waals surface area contributed by atoms with Gasteiger partial charge in [-0.1, -0.05) is 48.5 Å². The van der Waals surface area contributed by atoms with Gasteiger partial charge in [0, 0.05) is 23.0 Å². The average molecular weight is 265 g/mol. The number of carbonyl (C=O) groups is 1. The number of hydrogen-bond donors (Lipinski definition) is 1. The van der Waals surface area contributed by atoms with Crippen LogP contribution in [0.2, 0.25) is 0 Å². The molecule has 102 valence electrons. The van der Waals surface area contributed by atoms with Crippen LogP contribution in [0.25, 0.3) is 0 Å². The lowest BCUT2D eigenvalue weighted by Gasteiger charge is -2.12. The van der Waals surface area contributed by atoms with Crippen LogP contribution in [0.4, 0.5) is 5.69 Å². The van der Waals surface area contributed by atoms with Gasteiger partial charge in [-0.3, -0.25) is 4.79 Å². The van der Waals surface area contributed by atoms with Gasteiger partial charge >= 0.3 is 0 Å². The molecule has 2 aromatic carbocycles. The number of allylic oxidation sites excluding steroid dienone is 2. The highest BCUT2D eigenvalue weighted by Gasteiger charge is 2.05. The molecule has 2 heteroatoms. The lowest BCUT2D eigenvalue weighted by molar-refractivity contribution is 0.104. The number of rotatable bonds is 4. The van der Waals surface area contributed by atoms with Crippen molar-refractivity contribution >= 4 is 11.5 Å². The molecule has 2 aromatic rings. The summed E-state index contributed by atoms with van der Waals surface area (Å²) in [4.78, 5) is 12.1. The van der Waals surface area contributed by atoms with Crippen molar-refractivity contribution in [3.63, 3.8) is 0 Å². The third kappa shape index (κ3) is 3.35. The molecule has 0 saturated carbocycles. The maximum atomic E-state index is 12.1. The van der Waals surface area contributed by atoms with Crippen molar-refractivity contribution in [1.82, 2.24) is 0 Å². The number of benzene rings is 2. The zero-order valence-electron chi connectivity index (χ0n) is 12.1. The second-order valence-corrected chi connectivity index (χ2v) is 4.95. The Kier molecular flexibility index (Phi) is 4.36. The Hall–Kier alpha value is -2.35. The Morgan fingerprint density at radius 3 is 2.15 bits per heavy atom. The Morgan fingerprint density at radius 2 is 1.55 bits per heavy atom. The summed E-state index contributed by atoms with van der Waals surface area (Å²) >= 11 is 0. The summed E-state index contributed by atoms with van der Waals surface area (Å²) < 4.78 is 0.